The molecule has 0 spiro atoms. The number of hydrogen-bond acceptors (Lipinski definition) is 3. The summed E-state index contributed by atoms with van der Waals surface area (Å²) in [5.41, 5.74) is 0.629. The number of nitrogens with zero attached hydrogens (tertiary/aromatic N) is 1. The molecule has 1 N–H and O–H groups in total. The minimum absolute atomic E-state index is 0.0174. The van der Waals surface area contributed by atoms with E-state index in [0.717, 1.165) is 4.47 Å². The highest BCUT2D eigenvalue weighted by molar-refractivity contribution is 9.10. The third kappa shape index (κ3) is 3.50. The minimum Gasteiger partial charge on any atom is -0.482 e. The molecule has 0 saturated heterocycles. The lowest BCUT2D eigenvalue weighted by Crippen LogP contribution is -2.45. The summed E-state index contributed by atoms with van der Waals surface area (Å²) in [5, 5.41) is 2.81. The van der Waals surface area contributed by atoms with Crippen molar-refractivity contribution < 1.29 is 14.3 Å². The second-order valence-corrected chi connectivity index (χ2v) is 5.99. The molecular weight excluding hydrogens is 324 g/mol. The Morgan fingerprint density at radius 1 is 1.50 bits per heavy atom. The van der Waals surface area contributed by atoms with Gasteiger partial charge in [-0.05, 0) is 24.1 Å². The van der Waals surface area contributed by atoms with Crippen molar-refractivity contribution in [2.75, 3.05) is 24.6 Å². The third-order valence-corrected chi connectivity index (χ3v) is 3.37. The van der Waals surface area contributed by atoms with Crippen LogP contribution < -0.4 is 15.0 Å². The van der Waals surface area contributed by atoms with E-state index in [4.69, 9.17) is 4.74 Å². The van der Waals surface area contributed by atoms with E-state index in [1.165, 1.54) is 4.90 Å². The molecule has 0 aliphatic carbocycles. The number of rotatable bonds is 4. The molecule has 0 fully saturated rings. The first-order chi connectivity index (χ1) is 9.47. The van der Waals surface area contributed by atoms with Gasteiger partial charge in [-0.25, -0.2) is 0 Å². The average Bonchev–Trinajstić information content (AvgIpc) is 2.39. The van der Waals surface area contributed by atoms with E-state index in [0.29, 0.717) is 23.9 Å². The maximum absolute atomic E-state index is 11.9. The molecule has 1 aromatic rings. The summed E-state index contributed by atoms with van der Waals surface area (Å²) in [6, 6.07) is 5.38. The molecule has 2 rings (SSSR count). The van der Waals surface area contributed by atoms with Gasteiger partial charge >= 0.3 is 0 Å². The smallest absolute Gasteiger partial charge is 0.265 e. The zero-order valence-corrected chi connectivity index (χ0v) is 13.1. The summed E-state index contributed by atoms with van der Waals surface area (Å²) in [5.74, 6) is 0.612. The number of benzene rings is 1. The quantitative estimate of drug-likeness (QED) is 0.911. The van der Waals surface area contributed by atoms with E-state index in [-0.39, 0.29) is 25.0 Å². The lowest BCUT2D eigenvalue weighted by atomic mass is 10.2. The Morgan fingerprint density at radius 2 is 2.25 bits per heavy atom. The Morgan fingerprint density at radius 3 is 2.95 bits per heavy atom. The SMILES string of the molecule is CC(C)CNC(=O)CN1C(=O)COc2cc(Br)ccc21. The van der Waals surface area contributed by atoms with Gasteiger partial charge in [-0.3, -0.25) is 14.5 Å². The molecule has 108 valence electrons. The number of nitrogens with one attached hydrogen (secondary N) is 1. The molecule has 5 nitrogen and oxygen atoms in total. The van der Waals surface area contributed by atoms with Crippen LogP contribution in [-0.2, 0) is 9.59 Å². The van der Waals surface area contributed by atoms with Gasteiger partial charge in [-0.1, -0.05) is 29.8 Å². The predicted octanol–water partition coefficient (Wildman–Crippen LogP) is 1.95. The zero-order valence-electron chi connectivity index (χ0n) is 11.5. The van der Waals surface area contributed by atoms with Crippen molar-refractivity contribution >= 4 is 33.4 Å². The molecule has 0 aromatic heterocycles. The zero-order chi connectivity index (χ0) is 14.7. The van der Waals surface area contributed by atoms with Crippen LogP contribution in [0.25, 0.3) is 0 Å². The van der Waals surface area contributed by atoms with Crippen molar-refractivity contribution in [3.8, 4) is 5.75 Å². The number of carbonyl (C=O) groups is 2. The van der Waals surface area contributed by atoms with Gasteiger partial charge in [-0.15, -0.1) is 0 Å². The van der Waals surface area contributed by atoms with Gasteiger partial charge in [0.25, 0.3) is 5.91 Å². The van der Waals surface area contributed by atoms with Crippen LogP contribution in [-0.4, -0.2) is 31.5 Å². The Balaban J connectivity index is 2.11. The summed E-state index contributed by atoms with van der Waals surface area (Å²) in [6.45, 7) is 4.62. The fraction of sp³-hybridized carbons (Fsp3) is 0.429. The summed E-state index contributed by atoms with van der Waals surface area (Å²) in [6.07, 6.45) is 0. The first kappa shape index (κ1) is 14.8. The lowest BCUT2D eigenvalue weighted by molar-refractivity contribution is -0.125. The van der Waals surface area contributed by atoms with Crippen LogP contribution in [0, 0.1) is 5.92 Å². The van der Waals surface area contributed by atoms with Gasteiger partial charge in [0.15, 0.2) is 6.61 Å². The molecule has 20 heavy (non-hydrogen) atoms. The van der Waals surface area contributed by atoms with Crippen molar-refractivity contribution in [1.29, 1.82) is 0 Å². The van der Waals surface area contributed by atoms with Crippen molar-refractivity contribution in [1.82, 2.24) is 5.32 Å². The average molecular weight is 341 g/mol. The maximum atomic E-state index is 11.9. The van der Waals surface area contributed by atoms with Gasteiger partial charge < -0.3 is 10.1 Å². The second-order valence-electron chi connectivity index (χ2n) is 5.08. The first-order valence-corrected chi connectivity index (χ1v) is 7.26. The van der Waals surface area contributed by atoms with Crippen LogP contribution in [0.15, 0.2) is 22.7 Å². The largest absolute Gasteiger partial charge is 0.482 e. The number of anilines is 1. The summed E-state index contributed by atoms with van der Waals surface area (Å²) < 4.78 is 6.24. The fourth-order valence-corrected chi connectivity index (χ4v) is 2.21. The van der Waals surface area contributed by atoms with E-state index in [9.17, 15) is 9.59 Å². The first-order valence-electron chi connectivity index (χ1n) is 6.47. The van der Waals surface area contributed by atoms with Crippen LogP contribution in [0.1, 0.15) is 13.8 Å². The number of amides is 2. The minimum atomic E-state index is -0.209. The summed E-state index contributed by atoms with van der Waals surface area (Å²) in [7, 11) is 0. The molecule has 0 bridgehead atoms. The van der Waals surface area contributed by atoms with Gasteiger partial charge in [0, 0.05) is 11.0 Å². The number of carbonyl (C=O) groups excluding carboxylic acids is 2. The van der Waals surface area contributed by atoms with E-state index < -0.39 is 0 Å². The Hall–Kier alpha value is -1.56. The maximum Gasteiger partial charge on any atom is 0.265 e. The van der Waals surface area contributed by atoms with E-state index in [1.807, 2.05) is 19.9 Å². The number of halogens is 1. The number of hydrogen-bond donors (Lipinski definition) is 1. The van der Waals surface area contributed by atoms with E-state index in [1.54, 1.807) is 12.1 Å². The topological polar surface area (TPSA) is 58.6 Å². The molecule has 2 amide bonds. The van der Waals surface area contributed by atoms with Crippen LogP contribution >= 0.6 is 15.9 Å². The van der Waals surface area contributed by atoms with Gasteiger partial charge in [-0.2, -0.15) is 0 Å². The number of ether oxygens (including phenoxy) is 1. The predicted molar refractivity (Wildman–Crippen MR) is 79.8 cm³/mol. The van der Waals surface area contributed by atoms with Gasteiger partial charge in [0.05, 0.1) is 5.69 Å². The van der Waals surface area contributed by atoms with Crippen LogP contribution in [0.5, 0.6) is 5.75 Å². The van der Waals surface area contributed by atoms with Crippen molar-refractivity contribution in [2.24, 2.45) is 5.92 Å². The normalized spacial score (nSPS) is 14.0. The fourth-order valence-electron chi connectivity index (χ4n) is 1.87. The highest BCUT2D eigenvalue weighted by Gasteiger charge is 2.27. The van der Waals surface area contributed by atoms with Crippen LogP contribution in [0.3, 0.4) is 0 Å². The van der Waals surface area contributed by atoms with Crippen LogP contribution in [0.4, 0.5) is 5.69 Å². The molecule has 1 aromatic carbocycles. The third-order valence-electron chi connectivity index (χ3n) is 2.87. The molecule has 1 aliphatic heterocycles. The molecule has 1 aliphatic rings. The monoisotopic (exact) mass is 340 g/mol. The molecule has 0 unspecified atom stereocenters. The number of fused-ring (bicyclic) bond motifs is 1. The molecule has 1 heterocycles. The van der Waals surface area contributed by atoms with E-state index >= 15 is 0 Å². The lowest BCUT2D eigenvalue weighted by Gasteiger charge is -2.29. The van der Waals surface area contributed by atoms with Crippen LogP contribution in [0.2, 0.25) is 0 Å². The van der Waals surface area contributed by atoms with Crippen molar-refractivity contribution in [3.05, 3.63) is 22.7 Å². The van der Waals surface area contributed by atoms with Crippen molar-refractivity contribution in [3.63, 3.8) is 0 Å². The second kappa shape index (κ2) is 6.26. The Kier molecular flexibility index (Phi) is 4.65. The molecule has 0 saturated carbocycles. The molecular formula is C14H17BrN2O3. The Labute approximate surface area is 126 Å². The Bertz CT molecular complexity index is 531. The van der Waals surface area contributed by atoms with E-state index in [2.05, 4.69) is 21.2 Å². The molecule has 6 heteroatoms. The highest BCUT2D eigenvalue weighted by Crippen LogP contribution is 2.34. The van der Waals surface area contributed by atoms with Gasteiger partial charge in [0.2, 0.25) is 5.91 Å². The standard InChI is InChI=1S/C14H17BrN2O3/c1-9(2)6-16-13(18)7-17-11-4-3-10(15)5-12(11)20-8-14(17)19/h3-5,9H,6-8H2,1-2H3,(H,16,18). The van der Waals surface area contributed by atoms with Crippen molar-refractivity contribution in [2.45, 2.75) is 13.8 Å². The summed E-state index contributed by atoms with van der Waals surface area (Å²) in [4.78, 5) is 25.3. The molecule has 0 radical (unpaired) electrons. The van der Waals surface area contributed by atoms with Gasteiger partial charge in [0.1, 0.15) is 12.3 Å². The summed E-state index contributed by atoms with van der Waals surface area (Å²) >= 11 is 3.35. The molecule has 0 atom stereocenters. The highest BCUT2D eigenvalue weighted by atomic mass is 79.9.